The highest BCUT2D eigenvalue weighted by molar-refractivity contribution is 6.34. The normalized spacial score (nSPS) is 14.6. The quantitative estimate of drug-likeness (QED) is 0.741. The SMILES string of the molecule is Cc1ccc(C)c(NC(=O)[C@@H](C)OC(=O)c2ccc(Cl)c(N3CCCC3=O)c2)c1. The Morgan fingerprint density at radius 2 is 1.93 bits per heavy atom. The van der Waals surface area contributed by atoms with Gasteiger partial charge in [0.15, 0.2) is 6.10 Å². The number of hydrogen-bond donors (Lipinski definition) is 1. The smallest absolute Gasteiger partial charge is 0.338 e. The molecule has 2 aromatic carbocycles. The van der Waals surface area contributed by atoms with Crippen molar-refractivity contribution in [3.8, 4) is 0 Å². The molecule has 2 amide bonds. The summed E-state index contributed by atoms with van der Waals surface area (Å²) in [6.07, 6.45) is 0.218. The van der Waals surface area contributed by atoms with Crippen molar-refractivity contribution in [3.63, 3.8) is 0 Å². The third-order valence-electron chi connectivity index (χ3n) is 4.85. The van der Waals surface area contributed by atoms with E-state index >= 15 is 0 Å². The summed E-state index contributed by atoms with van der Waals surface area (Å²) in [5, 5.41) is 3.18. The number of nitrogens with one attached hydrogen (secondary N) is 1. The zero-order valence-corrected chi connectivity index (χ0v) is 17.4. The Labute approximate surface area is 174 Å². The van der Waals surface area contributed by atoms with Crippen molar-refractivity contribution in [3.05, 3.63) is 58.1 Å². The zero-order chi connectivity index (χ0) is 21.1. The van der Waals surface area contributed by atoms with Crippen LogP contribution in [-0.2, 0) is 14.3 Å². The molecule has 0 bridgehead atoms. The first-order valence-electron chi connectivity index (χ1n) is 9.45. The van der Waals surface area contributed by atoms with Gasteiger partial charge in [-0.25, -0.2) is 4.79 Å². The molecule has 3 rings (SSSR count). The van der Waals surface area contributed by atoms with Gasteiger partial charge in [-0.15, -0.1) is 0 Å². The monoisotopic (exact) mass is 414 g/mol. The number of aryl methyl sites for hydroxylation is 2. The topological polar surface area (TPSA) is 75.7 Å². The van der Waals surface area contributed by atoms with Gasteiger partial charge in [0.2, 0.25) is 5.91 Å². The van der Waals surface area contributed by atoms with Gasteiger partial charge in [-0.05, 0) is 62.6 Å². The number of halogens is 1. The average Bonchev–Trinajstić information content (AvgIpc) is 3.10. The number of hydrogen-bond acceptors (Lipinski definition) is 4. The molecule has 0 aromatic heterocycles. The maximum atomic E-state index is 12.5. The number of carbonyl (C=O) groups excluding carboxylic acids is 3. The molecule has 0 aliphatic carbocycles. The largest absolute Gasteiger partial charge is 0.449 e. The highest BCUT2D eigenvalue weighted by atomic mass is 35.5. The van der Waals surface area contributed by atoms with Gasteiger partial charge in [0.05, 0.1) is 16.3 Å². The molecule has 1 N–H and O–H groups in total. The van der Waals surface area contributed by atoms with Gasteiger partial charge in [-0.3, -0.25) is 9.59 Å². The predicted octanol–water partition coefficient (Wildman–Crippen LogP) is 4.27. The third kappa shape index (κ3) is 4.77. The number of esters is 1. The van der Waals surface area contributed by atoms with E-state index in [1.165, 1.54) is 19.1 Å². The second-order valence-corrected chi connectivity index (χ2v) is 7.58. The summed E-state index contributed by atoms with van der Waals surface area (Å²) in [6, 6.07) is 10.3. The van der Waals surface area contributed by atoms with Crippen LogP contribution in [0, 0.1) is 13.8 Å². The van der Waals surface area contributed by atoms with Crippen molar-refractivity contribution in [2.45, 2.75) is 39.7 Å². The molecule has 1 saturated heterocycles. The Bertz CT molecular complexity index is 973. The first-order valence-corrected chi connectivity index (χ1v) is 9.83. The molecule has 1 heterocycles. The van der Waals surface area contributed by atoms with Crippen molar-refractivity contribution in [2.24, 2.45) is 0 Å². The molecule has 152 valence electrons. The molecular formula is C22H23ClN2O4. The maximum absolute atomic E-state index is 12.5. The maximum Gasteiger partial charge on any atom is 0.338 e. The minimum Gasteiger partial charge on any atom is -0.449 e. The summed E-state index contributed by atoms with van der Waals surface area (Å²) in [5.41, 5.74) is 3.33. The highest BCUT2D eigenvalue weighted by Gasteiger charge is 2.26. The van der Waals surface area contributed by atoms with Crippen LogP contribution in [0.25, 0.3) is 0 Å². The van der Waals surface area contributed by atoms with Gasteiger partial charge in [-0.1, -0.05) is 23.7 Å². The summed E-state index contributed by atoms with van der Waals surface area (Å²) in [6.45, 7) is 5.90. The fourth-order valence-corrected chi connectivity index (χ4v) is 3.36. The summed E-state index contributed by atoms with van der Waals surface area (Å²) in [4.78, 5) is 38.6. The van der Waals surface area contributed by atoms with Crippen LogP contribution < -0.4 is 10.2 Å². The molecule has 0 radical (unpaired) electrons. The minimum atomic E-state index is -0.991. The fourth-order valence-electron chi connectivity index (χ4n) is 3.14. The number of amides is 2. The lowest BCUT2D eigenvalue weighted by Gasteiger charge is -2.19. The van der Waals surface area contributed by atoms with Crippen LogP contribution >= 0.6 is 11.6 Å². The van der Waals surface area contributed by atoms with E-state index in [9.17, 15) is 14.4 Å². The fraction of sp³-hybridized carbons (Fsp3) is 0.318. The van der Waals surface area contributed by atoms with E-state index in [1.54, 1.807) is 11.0 Å². The standard InChI is InChI=1S/C22H23ClN2O4/c1-13-6-7-14(2)18(11-13)24-21(27)15(3)29-22(28)16-8-9-17(23)19(12-16)25-10-4-5-20(25)26/h6-9,11-12,15H,4-5,10H2,1-3H3,(H,24,27)/t15-/m1/s1. The summed E-state index contributed by atoms with van der Waals surface area (Å²) < 4.78 is 5.33. The average molecular weight is 415 g/mol. The first kappa shape index (κ1) is 20.9. The van der Waals surface area contributed by atoms with Crippen LogP contribution in [-0.4, -0.2) is 30.4 Å². The van der Waals surface area contributed by atoms with Crippen LogP contribution in [0.5, 0.6) is 0 Å². The highest BCUT2D eigenvalue weighted by Crippen LogP contribution is 2.30. The predicted molar refractivity (Wildman–Crippen MR) is 112 cm³/mol. The van der Waals surface area contributed by atoms with E-state index in [4.69, 9.17) is 16.3 Å². The molecule has 0 unspecified atom stereocenters. The van der Waals surface area contributed by atoms with E-state index in [0.717, 1.165) is 17.5 Å². The number of anilines is 2. The molecule has 0 saturated carbocycles. The molecule has 7 heteroatoms. The summed E-state index contributed by atoms with van der Waals surface area (Å²) in [5.74, 6) is -1.10. The van der Waals surface area contributed by atoms with Crippen LogP contribution in [0.3, 0.4) is 0 Å². The summed E-state index contributed by atoms with van der Waals surface area (Å²) >= 11 is 6.21. The van der Waals surface area contributed by atoms with Gasteiger partial charge >= 0.3 is 5.97 Å². The lowest BCUT2D eigenvalue weighted by atomic mass is 10.1. The van der Waals surface area contributed by atoms with Crippen LogP contribution in [0.1, 0.15) is 41.3 Å². The van der Waals surface area contributed by atoms with Crippen molar-refractivity contribution in [1.29, 1.82) is 0 Å². The van der Waals surface area contributed by atoms with E-state index in [-0.39, 0.29) is 11.5 Å². The van der Waals surface area contributed by atoms with Crippen molar-refractivity contribution < 1.29 is 19.1 Å². The molecule has 2 aromatic rings. The molecular weight excluding hydrogens is 392 g/mol. The molecule has 1 atom stereocenters. The van der Waals surface area contributed by atoms with E-state index in [0.29, 0.717) is 29.4 Å². The number of nitrogens with zero attached hydrogens (tertiary/aromatic N) is 1. The molecule has 1 aliphatic heterocycles. The number of ether oxygens (including phenoxy) is 1. The number of benzene rings is 2. The number of rotatable bonds is 5. The molecule has 1 aliphatic rings. The Balaban J connectivity index is 1.70. The molecule has 29 heavy (non-hydrogen) atoms. The minimum absolute atomic E-state index is 0.0290. The van der Waals surface area contributed by atoms with Gasteiger partial charge in [-0.2, -0.15) is 0 Å². The molecule has 0 spiro atoms. The lowest BCUT2D eigenvalue weighted by molar-refractivity contribution is -0.123. The lowest BCUT2D eigenvalue weighted by Crippen LogP contribution is -2.30. The Morgan fingerprint density at radius 3 is 2.62 bits per heavy atom. The van der Waals surface area contributed by atoms with Crippen molar-refractivity contribution >= 4 is 40.8 Å². The summed E-state index contributed by atoms with van der Waals surface area (Å²) in [7, 11) is 0. The number of carbonyl (C=O) groups is 3. The zero-order valence-electron chi connectivity index (χ0n) is 16.6. The van der Waals surface area contributed by atoms with E-state index < -0.39 is 18.0 Å². The van der Waals surface area contributed by atoms with Crippen LogP contribution in [0.2, 0.25) is 5.02 Å². The first-order chi connectivity index (χ1) is 13.8. The third-order valence-corrected chi connectivity index (χ3v) is 5.17. The van der Waals surface area contributed by atoms with E-state index in [1.807, 2.05) is 32.0 Å². The molecule has 6 nitrogen and oxygen atoms in total. The second-order valence-electron chi connectivity index (χ2n) is 7.17. The Hall–Kier alpha value is -2.86. The Morgan fingerprint density at radius 1 is 1.17 bits per heavy atom. The van der Waals surface area contributed by atoms with Gasteiger partial charge in [0, 0.05) is 18.7 Å². The second kappa shape index (κ2) is 8.66. The van der Waals surface area contributed by atoms with E-state index in [2.05, 4.69) is 5.32 Å². The van der Waals surface area contributed by atoms with Crippen molar-refractivity contribution in [1.82, 2.24) is 0 Å². The van der Waals surface area contributed by atoms with Crippen LogP contribution in [0.4, 0.5) is 11.4 Å². The van der Waals surface area contributed by atoms with Gasteiger partial charge < -0.3 is 15.0 Å². The Kier molecular flexibility index (Phi) is 6.23. The molecule has 1 fully saturated rings. The van der Waals surface area contributed by atoms with Gasteiger partial charge in [0.25, 0.3) is 5.91 Å². The van der Waals surface area contributed by atoms with Crippen molar-refractivity contribution in [2.75, 3.05) is 16.8 Å². The van der Waals surface area contributed by atoms with Gasteiger partial charge in [0.1, 0.15) is 0 Å². The van der Waals surface area contributed by atoms with Crippen LogP contribution in [0.15, 0.2) is 36.4 Å².